The molecule has 1 rings (SSSR count). The number of hydrogen-bond donors (Lipinski definition) is 1. The molecule has 0 aromatic rings. The van der Waals surface area contributed by atoms with Crippen molar-refractivity contribution in [2.45, 2.75) is 26.4 Å². The summed E-state index contributed by atoms with van der Waals surface area (Å²) in [5, 5.41) is 2.79. The topological polar surface area (TPSA) is 58.6 Å². The zero-order chi connectivity index (χ0) is 12.7. The van der Waals surface area contributed by atoms with Crippen LogP contribution in [0.25, 0.3) is 0 Å². The molecule has 0 bridgehead atoms. The predicted octanol–water partition coefficient (Wildman–Crippen LogP) is 0.316. The third kappa shape index (κ3) is 4.99. The van der Waals surface area contributed by atoms with Crippen molar-refractivity contribution < 1.29 is 14.3 Å². The van der Waals surface area contributed by atoms with Crippen molar-refractivity contribution in [2.75, 3.05) is 26.2 Å². The van der Waals surface area contributed by atoms with E-state index in [0.29, 0.717) is 32.7 Å². The normalized spacial score (nSPS) is 20.6. The highest BCUT2D eigenvalue weighted by Crippen LogP contribution is 2.04. The van der Waals surface area contributed by atoms with Crippen molar-refractivity contribution in [3.63, 3.8) is 0 Å². The summed E-state index contributed by atoms with van der Waals surface area (Å²) < 4.78 is 5.49. The van der Waals surface area contributed by atoms with Crippen molar-refractivity contribution in [1.29, 1.82) is 0 Å². The molecular formula is C12H20N2O3. The number of amides is 2. The Morgan fingerprint density at radius 3 is 2.94 bits per heavy atom. The van der Waals surface area contributed by atoms with E-state index in [1.807, 2.05) is 13.0 Å². The van der Waals surface area contributed by atoms with E-state index in [0.717, 1.165) is 0 Å². The second kappa shape index (κ2) is 7.06. The van der Waals surface area contributed by atoms with E-state index in [2.05, 4.69) is 5.32 Å². The lowest BCUT2D eigenvalue weighted by molar-refractivity contribution is -0.136. The van der Waals surface area contributed by atoms with E-state index in [4.69, 9.17) is 4.74 Å². The smallest absolute Gasteiger partial charge is 0.223 e. The molecule has 96 valence electrons. The first-order chi connectivity index (χ1) is 8.13. The van der Waals surface area contributed by atoms with Gasteiger partial charge in [0, 0.05) is 33.0 Å². The SMILES string of the molecule is CC=CCC(=O)NCC1CN(C(C)=O)CCO1. The van der Waals surface area contributed by atoms with E-state index < -0.39 is 0 Å². The van der Waals surface area contributed by atoms with Crippen LogP contribution < -0.4 is 5.32 Å². The maximum atomic E-state index is 11.4. The number of carbonyl (C=O) groups is 2. The molecule has 5 heteroatoms. The molecule has 17 heavy (non-hydrogen) atoms. The van der Waals surface area contributed by atoms with Gasteiger partial charge in [-0.05, 0) is 6.92 Å². The Kier molecular flexibility index (Phi) is 5.69. The molecule has 1 fully saturated rings. The summed E-state index contributed by atoms with van der Waals surface area (Å²) in [6.45, 7) is 5.61. The molecule has 1 heterocycles. The maximum Gasteiger partial charge on any atom is 0.223 e. The fourth-order valence-corrected chi connectivity index (χ4v) is 1.65. The Hall–Kier alpha value is -1.36. The molecule has 1 saturated heterocycles. The van der Waals surface area contributed by atoms with Crippen molar-refractivity contribution in [2.24, 2.45) is 0 Å². The lowest BCUT2D eigenvalue weighted by atomic mass is 10.2. The Morgan fingerprint density at radius 1 is 1.53 bits per heavy atom. The van der Waals surface area contributed by atoms with Gasteiger partial charge in [-0.25, -0.2) is 0 Å². The van der Waals surface area contributed by atoms with Gasteiger partial charge in [-0.1, -0.05) is 12.2 Å². The van der Waals surface area contributed by atoms with Crippen LogP contribution in [0.2, 0.25) is 0 Å². The Morgan fingerprint density at radius 2 is 2.29 bits per heavy atom. The number of morpholine rings is 1. The van der Waals surface area contributed by atoms with Gasteiger partial charge in [-0.2, -0.15) is 0 Å². The molecule has 1 aliphatic heterocycles. The molecule has 2 amide bonds. The summed E-state index contributed by atoms with van der Waals surface area (Å²) in [6.07, 6.45) is 3.94. The van der Waals surface area contributed by atoms with Crippen LogP contribution >= 0.6 is 0 Å². The van der Waals surface area contributed by atoms with E-state index in [-0.39, 0.29) is 17.9 Å². The van der Waals surface area contributed by atoms with E-state index in [9.17, 15) is 9.59 Å². The molecular weight excluding hydrogens is 220 g/mol. The number of hydrogen-bond acceptors (Lipinski definition) is 3. The second-order valence-corrected chi connectivity index (χ2v) is 4.04. The van der Waals surface area contributed by atoms with Crippen molar-refractivity contribution >= 4 is 11.8 Å². The van der Waals surface area contributed by atoms with Gasteiger partial charge < -0.3 is 15.0 Å². The summed E-state index contributed by atoms with van der Waals surface area (Å²) in [4.78, 5) is 24.3. The molecule has 1 unspecified atom stereocenters. The maximum absolute atomic E-state index is 11.4. The monoisotopic (exact) mass is 240 g/mol. The van der Waals surface area contributed by atoms with Gasteiger partial charge in [0.25, 0.3) is 0 Å². The largest absolute Gasteiger partial charge is 0.373 e. The lowest BCUT2D eigenvalue weighted by Gasteiger charge is -2.32. The first-order valence-electron chi connectivity index (χ1n) is 5.88. The highest BCUT2D eigenvalue weighted by atomic mass is 16.5. The van der Waals surface area contributed by atoms with Crippen molar-refractivity contribution in [1.82, 2.24) is 10.2 Å². The average molecular weight is 240 g/mol. The summed E-state index contributed by atoms with van der Waals surface area (Å²) in [7, 11) is 0. The predicted molar refractivity (Wildman–Crippen MR) is 64.4 cm³/mol. The highest BCUT2D eigenvalue weighted by molar-refractivity contribution is 5.77. The number of nitrogens with one attached hydrogen (secondary N) is 1. The van der Waals surface area contributed by atoms with Crippen LogP contribution in [0, 0.1) is 0 Å². The van der Waals surface area contributed by atoms with E-state index in [1.165, 1.54) is 0 Å². The molecule has 0 aromatic carbocycles. The van der Waals surface area contributed by atoms with E-state index >= 15 is 0 Å². The van der Waals surface area contributed by atoms with Gasteiger partial charge in [0.05, 0.1) is 12.7 Å². The minimum atomic E-state index is -0.0952. The molecule has 5 nitrogen and oxygen atoms in total. The van der Waals surface area contributed by atoms with Crippen LogP contribution in [-0.4, -0.2) is 49.1 Å². The molecule has 0 radical (unpaired) electrons. The molecule has 1 N–H and O–H groups in total. The fourth-order valence-electron chi connectivity index (χ4n) is 1.65. The van der Waals surface area contributed by atoms with Gasteiger partial charge >= 0.3 is 0 Å². The van der Waals surface area contributed by atoms with Gasteiger partial charge in [-0.15, -0.1) is 0 Å². The van der Waals surface area contributed by atoms with Gasteiger partial charge in [0.1, 0.15) is 0 Å². The van der Waals surface area contributed by atoms with Gasteiger partial charge in [-0.3, -0.25) is 9.59 Å². The van der Waals surface area contributed by atoms with Gasteiger partial charge in [0.2, 0.25) is 11.8 Å². The van der Waals surface area contributed by atoms with Crippen LogP contribution in [0.3, 0.4) is 0 Å². The molecule has 0 saturated carbocycles. The molecule has 0 spiro atoms. The quantitative estimate of drug-likeness (QED) is 0.720. The third-order valence-corrected chi connectivity index (χ3v) is 2.65. The van der Waals surface area contributed by atoms with Crippen LogP contribution in [0.15, 0.2) is 12.2 Å². The van der Waals surface area contributed by atoms with Gasteiger partial charge in [0.15, 0.2) is 0 Å². The summed E-state index contributed by atoms with van der Waals surface area (Å²) in [5.74, 6) is 0.0326. The summed E-state index contributed by atoms with van der Waals surface area (Å²) in [5.41, 5.74) is 0. The van der Waals surface area contributed by atoms with E-state index in [1.54, 1.807) is 17.9 Å². The second-order valence-electron chi connectivity index (χ2n) is 4.04. The number of ether oxygens (including phenoxy) is 1. The Bertz CT molecular complexity index is 302. The van der Waals surface area contributed by atoms with Crippen LogP contribution in [-0.2, 0) is 14.3 Å². The lowest BCUT2D eigenvalue weighted by Crippen LogP contribution is -2.48. The molecule has 0 aliphatic carbocycles. The summed E-state index contributed by atoms with van der Waals surface area (Å²) in [6, 6.07) is 0. The Balaban J connectivity index is 2.27. The minimum Gasteiger partial charge on any atom is -0.373 e. The zero-order valence-corrected chi connectivity index (χ0v) is 10.4. The number of nitrogens with zero attached hydrogens (tertiary/aromatic N) is 1. The Labute approximate surface area is 102 Å². The summed E-state index contributed by atoms with van der Waals surface area (Å²) >= 11 is 0. The van der Waals surface area contributed by atoms with Crippen LogP contribution in [0.4, 0.5) is 0 Å². The van der Waals surface area contributed by atoms with Crippen LogP contribution in [0.5, 0.6) is 0 Å². The molecule has 0 aromatic heterocycles. The number of allylic oxidation sites excluding steroid dienone is 1. The minimum absolute atomic E-state index is 0.0216. The molecule has 1 aliphatic rings. The standard InChI is InChI=1S/C12H20N2O3/c1-3-4-5-12(16)13-8-11-9-14(10(2)15)6-7-17-11/h3-4,11H,5-9H2,1-2H3,(H,13,16). The number of carbonyl (C=O) groups excluding carboxylic acids is 2. The fraction of sp³-hybridized carbons (Fsp3) is 0.667. The third-order valence-electron chi connectivity index (χ3n) is 2.65. The first kappa shape index (κ1) is 13.7. The average Bonchev–Trinajstić information content (AvgIpc) is 2.34. The highest BCUT2D eigenvalue weighted by Gasteiger charge is 2.22. The number of rotatable bonds is 4. The molecule has 1 atom stereocenters. The van der Waals surface area contributed by atoms with Crippen molar-refractivity contribution in [3.05, 3.63) is 12.2 Å². The first-order valence-corrected chi connectivity index (χ1v) is 5.88. The van der Waals surface area contributed by atoms with Crippen molar-refractivity contribution in [3.8, 4) is 0 Å². The van der Waals surface area contributed by atoms with Crippen LogP contribution in [0.1, 0.15) is 20.3 Å². The zero-order valence-electron chi connectivity index (χ0n) is 10.4.